The highest BCUT2D eigenvalue weighted by molar-refractivity contribution is 5.92. The van der Waals surface area contributed by atoms with Gasteiger partial charge in [0.2, 0.25) is 5.91 Å². The molecule has 166 valence electrons. The summed E-state index contributed by atoms with van der Waals surface area (Å²) >= 11 is 0. The Morgan fingerprint density at radius 3 is 2.42 bits per heavy atom. The molecule has 0 radical (unpaired) electrons. The van der Waals surface area contributed by atoms with E-state index in [1.165, 1.54) is 0 Å². The van der Waals surface area contributed by atoms with Gasteiger partial charge in [-0.15, -0.1) is 0 Å². The van der Waals surface area contributed by atoms with Gasteiger partial charge < -0.3 is 19.9 Å². The third-order valence-corrected chi connectivity index (χ3v) is 5.38. The van der Waals surface area contributed by atoms with E-state index in [1.807, 2.05) is 29.2 Å². The minimum Gasteiger partial charge on any atom is -0.486 e. The van der Waals surface area contributed by atoms with E-state index in [-0.39, 0.29) is 18.1 Å². The number of piperazine rings is 1. The van der Waals surface area contributed by atoms with Crippen molar-refractivity contribution >= 4 is 11.6 Å². The van der Waals surface area contributed by atoms with Crippen LogP contribution in [-0.2, 0) is 4.79 Å². The Kier molecular flexibility index (Phi) is 6.64. The van der Waals surface area contributed by atoms with Gasteiger partial charge in [-0.05, 0) is 24.3 Å². The smallest absolute Gasteiger partial charge is 0.238 e. The number of nitrogens with zero attached hydrogens (tertiary/aromatic N) is 2. The molecule has 1 fully saturated rings. The summed E-state index contributed by atoms with van der Waals surface area (Å²) in [5, 5.41) is 13.1. The molecule has 2 unspecified atom stereocenters. The van der Waals surface area contributed by atoms with Gasteiger partial charge in [0, 0.05) is 44.5 Å². The molecule has 1 amide bonds. The SMILES string of the molecule is O=C(CN1CCN(CC(O)C2COc3ccccc3O2)CC1)Nc1cc(F)cc(F)c1. The van der Waals surface area contributed by atoms with Crippen molar-refractivity contribution in [3.05, 3.63) is 54.1 Å². The number of carbonyl (C=O) groups excluding carboxylic acids is 1. The highest BCUT2D eigenvalue weighted by Crippen LogP contribution is 2.31. The van der Waals surface area contributed by atoms with Crippen molar-refractivity contribution in [2.75, 3.05) is 51.2 Å². The minimum atomic E-state index is -0.738. The van der Waals surface area contributed by atoms with Gasteiger partial charge in [0.05, 0.1) is 6.54 Å². The lowest BCUT2D eigenvalue weighted by Gasteiger charge is -2.37. The number of aliphatic hydroxyl groups excluding tert-OH is 1. The van der Waals surface area contributed by atoms with E-state index in [0.717, 1.165) is 18.2 Å². The number of halogens is 2. The number of hydrogen-bond acceptors (Lipinski definition) is 6. The molecule has 2 aromatic rings. The van der Waals surface area contributed by atoms with E-state index < -0.39 is 23.8 Å². The molecular weight excluding hydrogens is 408 g/mol. The molecule has 2 aliphatic rings. The number of hydrogen-bond donors (Lipinski definition) is 2. The summed E-state index contributed by atoms with van der Waals surface area (Å²) in [4.78, 5) is 16.3. The quantitative estimate of drug-likeness (QED) is 0.723. The topological polar surface area (TPSA) is 74.3 Å². The molecule has 0 spiro atoms. The first kappa shape index (κ1) is 21.5. The zero-order chi connectivity index (χ0) is 21.8. The number of nitrogens with one attached hydrogen (secondary N) is 1. The number of anilines is 1. The predicted octanol–water partition coefficient (Wildman–Crippen LogP) is 1.72. The largest absolute Gasteiger partial charge is 0.486 e. The second-order valence-electron chi connectivity index (χ2n) is 7.76. The van der Waals surface area contributed by atoms with Crippen LogP contribution in [0.1, 0.15) is 0 Å². The van der Waals surface area contributed by atoms with Crippen molar-refractivity contribution in [1.29, 1.82) is 0 Å². The number of fused-ring (bicyclic) bond motifs is 1. The Balaban J connectivity index is 1.20. The molecule has 0 aliphatic carbocycles. The van der Waals surface area contributed by atoms with Crippen molar-refractivity contribution in [3.8, 4) is 11.5 Å². The molecule has 2 heterocycles. The first-order valence-corrected chi connectivity index (χ1v) is 10.2. The molecule has 0 bridgehead atoms. The summed E-state index contributed by atoms with van der Waals surface area (Å²) in [6.07, 6.45) is -1.14. The van der Waals surface area contributed by atoms with Crippen molar-refractivity contribution in [2.24, 2.45) is 0 Å². The molecule has 2 aliphatic heterocycles. The Morgan fingerprint density at radius 1 is 1.06 bits per heavy atom. The lowest BCUT2D eigenvalue weighted by atomic mass is 10.1. The van der Waals surface area contributed by atoms with E-state index in [2.05, 4.69) is 10.2 Å². The fraction of sp³-hybridized carbons (Fsp3) is 0.409. The van der Waals surface area contributed by atoms with Crippen LogP contribution < -0.4 is 14.8 Å². The van der Waals surface area contributed by atoms with E-state index in [0.29, 0.717) is 50.8 Å². The van der Waals surface area contributed by atoms with Crippen LogP contribution in [0, 0.1) is 11.6 Å². The molecular formula is C22H25F2N3O4. The van der Waals surface area contributed by atoms with Crippen LogP contribution in [0.15, 0.2) is 42.5 Å². The van der Waals surface area contributed by atoms with Crippen molar-refractivity contribution < 1.29 is 28.2 Å². The fourth-order valence-electron chi connectivity index (χ4n) is 3.77. The molecule has 9 heteroatoms. The van der Waals surface area contributed by atoms with Crippen LogP contribution in [0.4, 0.5) is 14.5 Å². The van der Waals surface area contributed by atoms with Gasteiger partial charge >= 0.3 is 0 Å². The lowest BCUT2D eigenvalue weighted by molar-refractivity contribution is -0.117. The zero-order valence-corrected chi connectivity index (χ0v) is 17.0. The molecule has 0 aromatic heterocycles. The van der Waals surface area contributed by atoms with E-state index in [9.17, 15) is 18.7 Å². The van der Waals surface area contributed by atoms with Gasteiger partial charge in [0.1, 0.15) is 24.3 Å². The Morgan fingerprint density at radius 2 is 1.71 bits per heavy atom. The number of β-amino-alcohol motifs (C(OH)–C–C–N with tert-alkyl or cyclic N) is 1. The standard InChI is InChI=1S/C22H25F2N3O4/c23-15-9-16(24)11-17(10-15)25-22(29)13-27-7-5-26(6-8-27)12-18(28)21-14-30-19-3-1-2-4-20(19)31-21/h1-4,9-11,18,21,28H,5-8,12-14H2,(H,25,29). The van der Waals surface area contributed by atoms with Gasteiger partial charge in [0.15, 0.2) is 17.6 Å². The van der Waals surface area contributed by atoms with Gasteiger partial charge in [-0.2, -0.15) is 0 Å². The summed E-state index contributed by atoms with van der Waals surface area (Å²) in [5.74, 6) is -0.493. The molecule has 31 heavy (non-hydrogen) atoms. The number of carbonyl (C=O) groups is 1. The summed E-state index contributed by atoms with van der Waals surface area (Å²) in [5.41, 5.74) is 0.0977. The first-order valence-electron chi connectivity index (χ1n) is 10.2. The maximum atomic E-state index is 13.2. The van der Waals surface area contributed by atoms with Crippen molar-refractivity contribution in [1.82, 2.24) is 9.80 Å². The number of rotatable bonds is 6. The first-order chi connectivity index (χ1) is 15.0. The van der Waals surface area contributed by atoms with Gasteiger partial charge in [0.25, 0.3) is 0 Å². The Hall–Kier alpha value is -2.75. The summed E-state index contributed by atoms with van der Waals surface area (Å²) in [6, 6.07) is 10.3. The third-order valence-electron chi connectivity index (χ3n) is 5.38. The summed E-state index contributed by atoms with van der Waals surface area (Å²) < 4.78 is 38.0. The number of benzene rings is 2. The fourth-order valence-corrected chi connectivity index (χ4v) is 3.77. The predicted molar refractivity (Wildman–Crippen MR) is 110 cm³/mol. The van der Waals surface area contributed by atoms with Crippen molar-refractivity contribution in [3.63, 3.8) is 0 Å². The van der Waals surface area contributed by atoms with Gasteiger partial charge in [-0.1, -0.05) is 12.1 Å². The van der Waals surface area contributed by atoms with Crippen LogP contribution >= 0.6 is 0 Å². The summed E-state index contributed by atoms with van der Waals surface area (Å²) in [7, 11) is 0. The highest BCUT2D eigenvalue weighted by atomic mass is 19.1. The molecule has 2 atom stereocenters. The molecule has 4 rings (SSSR count). The van der Waals surface area contributed by atoms with Crippen LogP contribution in [-0.4, -0.2) is 78.9 Å². The zero-order valence-electron chi connectivity index (χ0n) is 17.0. The monoisotopic (exact) mass is 433 g/mol. The molecule has 2 aromatic carbocycles. The van der Waals surface area contributed by atoms with Crippen LogP contribution in [0.5, 0.6) is 11.5 Å². The van der Waals surface area contributed by atoms with E-state index in [4.69, 9.17) is 9.47 Å². The third kappa shape index (κ3) is 5.69. The minimum absolute atomic E-state index is 0.0977. The summed E-state index contributed by atoms with van der Waals surface area (Å²) in [6.45, 7) is 3.51. The second kappa shape index (κ2) is 9.59. The van der Waals surface area contributed by atoms with Crippen LogP contribution in [0.2, 0.25) is 0 Å². The average Bonchev–Trinajstić information content (AvgIpc) is 2.74. The maximum Gasteiger partial charge on any atom is 0.238 e. The van der Waals surface area contributed by atoms with Crippen molar-refractivity contribution in [2.45, 2.75) is 12.2 Å². The normalized spacial score (nSPS) is 20.3. The number of amides is 1. The lowest BCUT2D eigenvalue weighted by Crippen LogP contribution is -2.53. The average molecular weight is 433 g/mol. The maximum absolute atomic E-state index is 13.2. The molecule has 1 saturated heterocycles. The highest BCUT2D eigenvalue weighted by Gasteiger charge is 2.30. The second-order valence-corrected chi connectivity index (χ2v) is 7.76. The Bertz CT molecular complexity index is 901. The van der Waals surface area contributed by atoms with E-state index >= 15 is 0 Å². The van der Waals surface area contributed by atoms with E-state index in [1.54, 1.807) is 0 Å². The van der Waals surface area contributed by atoms with Gasteiger partial charge in [-0.3, -0.25) is 14.6 Å². The van der Waals surface area contributed by atoms with Gasteiger partial charge in [-0.25, -0.2) is 8.78 Å². The Labute approximate surface area is 179 Å². The number of para-hydroxylation sites is 2. The molecule has 0 saturated carbocycles. The van der Waals surface area contributed by atoms with Crippen LogP contribution in [0.3, 0.4) is 0 Å². The van der Waals surface area contributed by atoms with Crippen LogP contribution in [0.25, 0.3) is 0 Å². The molecule has 2 N–H and O–H groups in total. The number of ether oxygens (including phenoxy) is 2. The molecule has 7 nitrogen and oxygen atoms in total. The number of aliphatic hydroxyl groups is 1.